The van der Waals surface area contributed by atoms with Gasteiger partial charge in [-0.2, -0.15) is 0 Å². The minimum absolute atomic E-state index is 0.0869. The van der Waals surface area contributed by atoms with Crippen molar-refractivity contribution >= 4 is 17.9 Å². The number of carbonyl (C=O) groups excluding carboxylic acids is 3. The quantitative estimate of drug-likeness (QED) is 0.0262. The molecule has 0 radical (unpaired) electrons. The SMILES string of the molecule is CC/C=C\C/C=C\C/C=C\CCCCCC(=O)OC(COC(=O)CCCCCCC)COC(=O)CCCCCCCCCCCCCCCC/C=C\C/C=C\C/C=C\CCCCCCC. The molecule has 1 atom stereocenters. The second-order valence-electron chi connectivity index (χ2n) is 18.1. The summed E-state index contributed by atoms with van der Waals surface area (Å²) in [7, 11) is 0. The van der Waals surface area contributed by atoms with Gasteiger partial charge in [0.1, 0.15) is 13.2 Å². The Balaban J connectivity index is 4.01. The fraction of sp³-hybridized carbons (Fsp3) is 0.746. The summed E-state index contributed by atoms with van der Waals surface area (Å²) in [4.78, 5) is 37.6. The van der Waals surface area contributed by atoms with Crippen LogP contribution in [0.1, 0.15) is 265 Å². The maximum absolute atomic E-state index is 12.7. The zero-order valence-corrected chi connectivity index (χ0v) is 42.7. The topological polar surface area (TPSA) is 78.9 Å². The molecule has 0 amide bonds. The van der Waals surface area contributed by atoms with E-state index in [0.717, 1.165) is 103 Å². The van der Waals surface area contributed by atoms with E-state index in [0.29, 0.717) is 19.3 Å². The molecule has 0 N–H and O–H groups in total. The monoisotopic (exact) mass is 907 g/mol. The molecule has 0 heterocycles. The van der Waals surface area contributed by atoms with Crippen LogP contribution < -0.4 is 0 Å². The molecule has 0 aromatic heterocycles. The Morgan fingerprint density at radius 2 is 0.600 bits per heavy atom. The summed E-state index contributed by atoms with van der Waals surface area (Å²) in [6.07, 6.45) is 68.1. The highest BCUT2D eigenvalue weighted by atomic mass is 16.6. The average Bonchev–Trinajstić information content (AvgIpc) is 3.30. The number of allylic oxidation sites excluding steroid dienone is 12. The van der Waals surface area contributed by atoms with E-state index in [1.54, 1.807) is 0 Å². The lowest BCUT2D eigenvalue weighted by atomic mass is 10.0. The number of hydrogen-bond donors (Lipinski definition) is 0. The smallest absolute Gasteiger partial charge is 0.306 e. The second kappa shape index (κ2) is 53.5. The van der Waals surface area contributed by atoms with Crippen LogP contribution in [0.15, 0.2) is 72.9 Å². The van der Waals surface area contributed by atoms with Gasteiger partial charge in [0.2, 0.25) is 0 Å². The van der Waals surface area contributed by atoms with E-state index in [4.69, 9.17) is 14.2 Å². The summed E-state index contributed by atoms with van der Waals surface area (Å²) in [5.74, 6) is -0.930. The molecule has 0 saturated heterocycles. The highest BCUT2D eigenvalue weighted by molar-refractivity contribution is 5.71. The Morgan fingerprint density at radius 1 is 0.323 bits per heavy atom. The van der Waals surface area contributed by atoms with E-state index in [2.05, 4.69) is 93.7 Å². The molecule has 0 aromatic rings. The van der Waals surface area contributed by atoms with Crippen molar-refractivity contribution in [2.75, 3.05) is 13.2 Å². The van der Waals surface area contributed by atoms with Crippen LogP contribution in [-0.4, -0.2) is 37.2 Å². The van der Waals surface area contributed by atoms with E-state index >= 15 is 0 Å². The maximum Gasteiger partial charge on any atom is 0.306 e. The van der Waals surface area contributed by atoms with Crippen molar-refractivity contribution < 1.29 is 28.6 Å². The first-order chi connectivity index (χ1) is 32.0. The van der Waals surface area contributed by atoms with Crippen LogP contribution in [0, 0.1) is 0 Å². The Bertz CT molecular complexity index is 1230. The number of ether oxygens (including phenoxy) is 3. The number of hydrogen-bond acceptors (Lipinski definition) is 6. The summed E-state index contributed by atoms with van der Waals surface area (Å²) in [5, 5.41) is 0. The zero-order chi connectivity index (χ0) is 47.2. The lowest BCUT2D eigenvalue weighted by Gasteiger charge is -2.18. The van der Waals surface area contributed by atoms with Crippen molar-refractivity contribution in [3.63, 3.8) is 0 Å². The maximum atomic E-state index is 12.7. The highest BCUT2D eigenvalue weighted by Crippen LogP contribution is 2.15. The van der Waals surface area contributed by atoms with Gasteiger partial charge in [-0.1, -0.05) is 229 Å². The standard InChI is InChI=1S/C59H102O6/c1-4-7-10-13-15-17-19-21-22-23-24-25-26-27-28-29-30-31-32-33-34-35-36-38-39-41-43-46-49-52-58(61)64-55-56(54-63-57(60)51-48-45-12-9-6-3)65-59(62)53-50-47-44-42-40-37-20-18-16-14-11-8-5-2/h8,11,16,18-19,21,23-24,26-27,37,40,56H,4-7,9-10,12-15,17,20,22,25,28-36,38-39,41-55H2,1-3H3/b11-8-,18-16-,21-19-,24-23-,27-26-,40-37-. The molecule has 0 aliphatic heterocycles. The second-order valence-corrected chi connectivity index (χ2v) is 18.1. The molecule has 0 saturated carbocycles. The van der Waals surface area contributed by atoms with Crippen LogP contribution >= 0.6 is 0 Å². The molecule has 0 bridgehead atoms. The van der Waals surface area contributed by atoms with Gasteiger partial charge in [-0.15, -0.1) is 0 Å². The van der Waals surface area contributed by atoms with Crippen LogP contribution in [0.4, 0.5) is 0 Å². The van der Waals surface area contributed by atoms with Gasteiger partial charge in [0, 0.05) is 19.3 Å². The summed E-state index contributed by atoms with van der Waals surface area (Å²) < 4.78 is 16.6. The minimum Gasteiger partial charge on any atom is -0.462 e. The first kappa shape index (κ1) is 61.9. The number of unbranched alkanes of at least 4 members (excludes halogenated alkanes) is 26. The van der Waals surface area contributed by atoms with Crippen LogP contribution in [0.5, 0.6) is 0 Å². The van der Waals surface area contributed by atoms with Gasteiger partial charge in [0.15, 0.2) is 6.10 Å². The lowest BCUT2D eigenvalue weighted by molar-refractivity contribution is -0.167. The van der Waals surface area contributed by atoms with E-state index in [1.165, 1.54) is 122 Å². The molecular weight excluding hydrogens is 805 g/mol. The molecular formula is C59H102O6. The summed E-state index contributed by atoms with van der Waals surface area (Å²) in [6, 6.07) is 0. The van der Waals surface area contributed by atoms with Crippen LogP contribution in [-0.2, 0) is 28.6 Å². The first-order valence-corrected chi connectivity index (χ1v) is 27.4. The van der Waals surface area contributed by atoms with Gasteiger partial charge in [-0.3, -0.25) is 14.4 Å². The minimum atomic E-state index is -0.785. The Hall–Kier alpha value is -3.15. The third kappa shape index (κ3) is 51.7. The summed E-state index contributed by atoms with van der Waals surface area (Å²) in [5.41, 5.74) is 0. The Morgan fingerprint density at radius 3 is 0.954 bits per heavy atom. The summed E-state index contributed by atoms with van der Waals surface area (Å²) in [6.45, 7) is 6.40. The van der Waals surface area contributed by atoms with Gasteiger partial charge in [0.05, 0.1) is 0 Å². The third-order valence-electron chi connectivity index (χ3n) is 11.7. The molecule has 374 valence electrons. The molecule has 0 aliphatic carbocycles. The predicted octanol–water partition coefficient (Wildman–Crippen LogP) is 18.2. The highest BCUT2D eigenvalue weighted by Gasteiger charge is 2.19. The van der Waals surface area contributed by atoms with Crippen molar-refractivity contribution in [3.05, 3.63) is 72.9 Å². The van der Waals surface area contributed by atoms with Gasteiger partial charge < -0.3 is 14.2 Å². The molecule has 0 rings (SSSR count). The number of esters is 3. The molecule has 0 aliphatic rings. The van der Waals surface area contributed by atoms with E-state index in [9.17, 15) is 14.4 Å². The van der Waals surface area contributed by atoms with Gasteiger partial charge in [-0.05, 0) is 89.9 Å². The third-order valence-corrected chi connectivity index (χ3v) is 11.7. The molecule has 1 unspecified atom stereocenters. The molecule has 0 spiro atoms. The Labute approximate surface area is 402 Å². The lowest BCUT2D eigenvalue weighted by Crippen LogP contribution is -2.30. The molecule has 6 nitrogen and oxygen atoms in total. The number of rotatable bonds is 49. The first-order valence-electron chi connectivity index (χ1n) is 27.4. The fourth-order valence-corrected chi connectivity index (χ4v) is 7.58. The molecule has 6 heteroatoms. The molecule has 65 heavy (non-hydrogen) atoms. The largest absolute Gasteiger partial charge is 0.462 e. The fourth-order valence-electron chi connectivity index (χ4n) is 7.58. The van der Waals surface area contributed by atoms with E-state index in [-0.39, 0.29) is 31.1 Å². The van der Waals surface area contributed by atoms with Gasteiger partial charge >= 0.3 is 17.9 Å². The van der Waals surface area contributed by atoms with E-state index in [1.807, 2.05) is 0 Å². The summed E-state index contributed by atoms with van der Waals surface area (Å²) >= 11 is 0. The zero-order valence-electron chi connectivity index (χ0n) is 42.7. The normalized spacial score (nSPS) is 12.6. The molecule has 0 aromatic carbocycles. The van der Waals surface area contributed by atoms with Crippen LogP contribution in [0.3, 0.4) is 0 Å². The van der Waals surface area contributed by atoms with Crippen molar-refractivity contribution in [3.8, 4) is 0 Å². The predicted molar refractivity (Wildman–Crippen MR) is 279 cm³/mol. The van der Waals surface area contributed by atoms with Gasteiger partial charge in [0.25, 0.3) is 0 Å². The number of carbonyl (C=O) groups is 3. The van der Waals surface area contributed by atoms with Crippen molar-refractivity contribution in [1.29, 1.82) is 0 Å². The van der Waals surface area contributed by atoms with Crippen molar-refractivity contribution in [1.82, 2.24) is 0 Å². The van der Waals surface area contributed by atoms with E-state index < -0.39 is 6.10 Å². The van der Waals surface area contributed by atoms with Crippen LogP contribution in [0.25, 0.3) is 0 Å². The van der Waals surface area contributed by atoms with Crippen LogP contribution in [0.2, 0.25) is 0 Å². The Kier molecular flexibility index (Phi) is 50.9. The average molecular weight is 907 g/mol. The van der Waals surface area contributed by atoms with Crippen molar-refractivity contribution in [2.24, 2.45) is 0 Å². The molecule has 0 fully saturated rings. The van der Waals surface area contributed by atoms with Gasteiger partial charge in [-0.25, -0.2) is 0 Å². The van der Waals surface area contributed by atoms with Crippen molar-refractivity contribution in [2.45, 2.75) is 271 Å².